The third-order valence-electron chi connectivity index (χ3n) is 2.09. The minimum absolute atomic E-state index is 0.0731. The minimum Gasteiger partial charge on any atom is -0.508 e. The van der Waals surface area contributed by atoms with Gasteiger partial charge in [0.1, 0.15) is 5.75 Å². The van der Waals surface area contributed by atoms with Crippen molar-refractivity contribution >= 4 is 5.97 Å². The van der Waals surface area contributed by atoms with Crippen LogP contribution in [0.1, 0.15) is 5.56 Å². The van der Waals surface area contributed by atoms with Gasteiger partial charge in [-0.1, -0.05) is 18.2 Å². The number of hydrogen-bond acceptors (Lipinski definition) is 3. The molecule has 0 aromatic heterocycles. The van der Waals surface area contributed by atoms with Crippen LogP contribution in [0.25, 0.3) is 0 Å². The molecule has 4 nitrogen and oxygen atoms in total. The maximum Gasteiger partial charge on any atom is 0.308 e. The van der Waals surface area contributed by atoms with Crippen LogP contribution in [-0.2, 0) is 11.2 Å². The first kappa shape index (κ1) is 10.5. The molecule has 1 rings (SSSR count). The number of phenolic OH excluding ortho intramolecular Hbond substituents is 1. The number of aromatic hydroxyl groups is 1. The van der Waals surface area contributed by atoms with E-state index in [-0.39, 0.29) is 18.7 Å². The van der Waals surface area contributed by atoms with E-state index in [2.05, 4.69) is 0 Å². The third-order valence-corrected chi connectivity index (χ3v) is 2.09. The lowest BCUT2D eigenvalue weighted by Crippen LogP contribution is -2.25. The highest BCUT2D eigenvalue weighted by atomic mass is 16.4. The zero-order chi connectivity index (χ0) is 10.6. The van der Waals surface area contributed by atoms with Crippen LogP contribution in [0.15, 0.2) is 24.3 Å². The van der Waals surface area contributed by atoms with Crippen LogP contribution in [0, 0.1) is 5.92 Å². The molecular weight excluding hydrogens is 182 g/mol. The number of carbonyl (C=O) groups is 1. The number of nitrogens with two attached hydrogens (primary N) is 1. The molecule has 0 saturated heterocycles. The fraction of sp³-hybridized carbons (Fsp3) is 0.300. The molecule has 0 amide bonds. The zero-order valence-corrected chi connectivity index (χ0v) is 7.68. The van der Waals surface area contributed by atoms with Crippen molar-refractivity contribution in [1.82, 2.24) is 0 Å². The Morgan fingerprint density at radius 1 is 1.43 bits per heavy atom. The predicted molar refractivity (Wildman–Crippen MR) is 52.0 cm³/mol. The molecule has 0 aliphatic rings. The van der Waals surface area contributed by atoms with E-state index in [1.54, 1.807) is 18.2 Å². The van der Waals surface area contributed by atoms with Crippen molar-refractivity contribution in [3.05, 3.63) is 29.8 Å². The average molecular weight is 195 g/mol. The van der Waals surface area contributed by atoms with E-state index >= 15 is 0 Å². The van der Waals surface area contributed by atoms with E-state index in [0.29, 0.717) is 5.56 Å². The van der Waals surface area contributed by atoms with Crippen LogP contribution < -0.4 is 5.73 Å². The molecule has 1 aromatic rings. The van der Waals surface area contributed by atoms with E-state index in [1.807, 2.05) is 0 Å². The van der Waals surface area contributed by atoms with Crippen LogP contribution >= 0.6 is 0 Å². The van der Waals surface area contributed by atoms with Gasteiger partial charge >= 0.3 is 5.97 Å². The second kappa shape index (κ2) is 4.62. The maximum atomic E-state index is 10.7. The molecule has 0 bridgehead atoms. The molecule has 0 heterocycles. The van der Waals surface area contributed by atoms with Crippen molar-refractivity contribution in [3.8, 4) is 5.75 Å². The highest BCUT2D eigenvalue weighted by Crippen LogP contribution is 2.19. The number of para-hydroxylation sites is 1. The van der Waals surface area contributed by atoms with Crippen LogP contribution in [0.3, 0.4) is 0 Å². The number of hydrogen-bond donors (Lipinski definition) is 3. The first-order chi connectivity index (χ1) is 6.65. The fourth-order valence-electron chi connectivity index (χ4n) is 1.22. The number of carboxylic acid groups (broad SMARTS) is 1. The van der Waals surface area contributed by atoms with Crippen molar-refractivity contribution in [2.45, 2.75) is 6.42 Å². The summed E-state index contributed by atoms with van der Waals surface area (Å²) in [5.74, 6) is -1.45. The second-order valence-electron chi connectivity index (χ2n) is 3.10. The number of phenols is 1. The highest BCUT2D eigenvalue weighted by molar-refractivity contribution is 5.70. The van der Waals surface area contributed by atoms with Crippen molar-refractivity contribution in [1.29, 1.82) is 0 Å². The number of benzene rings is 1. The molecule has 0 fully saturated rings. The summed E-state index contributed by atoms with van der Waals surface area (Å²) < 4.78 is 0. The Hall–Kier alpha value is -1.55. The SMILES string of the molecule is NC[C@@H](Cc1ccccc1O)C(=O)O. The summed E-state index contributed by atoms with van der Waals surface area (Å²) in [6.07, 6.45) is 0.262. The number of rotatable bonds is 4. The summed E-state index contributed by atoms with van der Waals surface area (Å²) in [5.41, 5.74) is 5.93. The molecule has 14 heavy (non-hydrogen) atoms. The summed E-state index contributed by atoms with van der Waals surface area (Å²) in [7, 11) is 0. The van der Waals surface area contributed by atoms with Gasteiger partial charge in [0.2, 0.25) is 0 Å². The molecule has 4 N–H and O–H groups in total. The lowest BCUT2D eigenvalue weighted by Gasteiger charge is -2.10. The zero-order valence-electron chi connectivity index (χ0n) is 7.68. The summed E-state index contributed by atoms with van der Waals surface area (Å²) in [6.45, 7) is 0.0731. The van der Waals surface area contributed by atoms with E-state index < -0.39 is 11.9 Å². The molecule has 0 aliphatic carbocycles. The highest BCUT2D eigenvalue weighted by Gasteiger charge is 2.17. The van der Waals surface area contributed by atoms with Gasteiger partial charge in [0.15, 0.2) is 0 Å². The van der Waals surface area contributed by atoms with Crippen molar-refractivity contribution in [2.75, 3.05) is 6.54 Å². The van der Waals surface area contributed by atoms with Gasteiger partial charge in [-0.25, -0.2) is 0 Å². The molecule has 76 valence electrons. The van der Waals surface area contributed by atoms with Crippen LogP contribution in [0.4, 0.5) is 0 Å². The molecule has 1 atom stereocenters. The van der Waals surface area contributed by atoms with Crippen LogP contribution in [0.5, 0.6) is 5.75 Å². The van der Waals surface area contributed by atoms with E-state index in [9.17, 15) is 9.90 Å². The molecule has 1 aromatic carbocycles. The third kappa shape index (κ3) is 2.47. The van der Waals surface area contributed by atoms with Gasteiger partial charge < -0.3 is 15.9 Å². The van der Waals surface area contributed by atoms with Crippen LogP contribution in [-0.4, -0.2) is 22.7 Å². The summed E-state index contributed by atoms with van der Waals surface area (Å²) in [4.78, 5) is 10.7. The summed E-state index contributed by atoms with van der Waals surface area (Å²) >= 11 is 0. The number of aliphatic carboxylic acids is 1. The lowest BCUT2D eigenvalue weighted by molar-refractivity contribution is -0.141. The summed E-state index contributed by atoms with van der Waals surface area (Å²) in [6, 6.07) is 6.67. The quantitative estimate of drug-likeness (QED) is 0.656. The first-order valence-corrected chi connectivity index (χ1v) is 4.35. The van der Waals surface area contributed by atoms with E-state index in [4.69, 9.17) is 10.8 Å². The van der Waals surface area contributed by atoms with Gasteiger partial charge in [-0.15, -0.1) is 0 Å². The van der Waals surface area contributed by atoms with Crippen molar-refractivity contribution in [3.63, 3.8) is 0 Å². The van der Waals surface area contributed by atoms with Gasteiger partial charge in [-0.2, -0.15) is 0 Å². The van der Waals surface area contributed by atoms with Gasteiger partial charge in [-0.05, 0) is 18.1 Å². The summed E-state index contributed by atoms with van der Waals surface area (Å²) in [5, 5.41) is 18.2. The molecule has 4 heteroatoms. The fourth-order valence-corrected chi connectivity index (χ4v) is 1.22. The van der Waals surface area contributed by atoms with Crippen LogP contribution in [0.2, 0.25) is 0 Å². The van der Waals surface area contributed by atoms with Crippen molar-refractivity contribution < 1.29 is 15.0 Å². The minimum atomic E-state index is -0.934. The smallest absolute Gasteiger partial charge is 0.308 e. The van der Waals surface area contributed by atoms with Gasteiger partial charge in [0.25, 0.3) is 0 Å². The topological polar surface area (TPSA) is 83.5 Å². The Bertz CT molecular complexity index is 325. The van der Waals surface area contributed by atoms with E-state index in [0.717, 1.165) is 0 Å². The Balaban J connectivity index is 2.77. The normalized spacial score (nSPS) is 12.4. The molecule has 0 unspecified atom stereocenters. The van der Waals surface area contributed by atoms with Gasteiger partial charge in [-0.3, -0.25) is 4.79 Å². The monoisotopic (exact) mass is 195 g/mol. The Morgan fingerprint density at radius 2 is 2.07 bits per heavy atom. The molecule has 0 spiro atoms. The predicted octanol–water partition coefficient (Wildman–Crippen LogP) is 0.594. The standard InChI is InChI=1S/C10H13NO3/c11-6-8(10(13)14)5-7-3-1-2-4-9(7)12/h1-4,8,12H,5-6,11H2,(H,13,14)/t8-/m1/s1. The number of carboxylic acids is 1. The Kier molecular flexibility index (Phi) is 3.48. The molecule has 0 aliphatic heterocycles. The van der Waals surface area contributed by atoms with Gasteiger partial charge in [0.05, 0.1) is 5.92 Å². The largest absolute Gasteiger partial charge is 0.508 e. The molecule has 0 saturated carbocycles. The van der Waals surface area contributed by atoms with Gasteiger partial charge in [0, 0.05) is 6.54 Å². The Labute approximate surface area is 82.0 Å². The molecule has 0 radical (unpaired) electrons. The Morgan fingerprint density at radius 3 is 2.57 bits per heavy atom. The van der Waals surface area contributed by atoms with E-state index in [1.165, 1.54) is 6.07 Å². The van der Waals surface area contributed by atoms with Crippen molar-refractivity contribution in [2.24, 2.45) is 11.7 Å². The lowest BCUT2D eigenvalue weighted by atomic mass is 9.99. The average Bonchev–Trinajstić information content (AvgIpc) is 2.16. The maximum absolute atomic E-state index is 10.7. The second-order valence-corrected chi connectivity index (χ2v) is 3.10. The first-order valence-electron chi connectivity index (χ1n) is 4.35. The molecular formula is C10H13NO3.